The van der Waals surface area contributed by atoms with Gasteiger partial charge in [-0.05, 0) is 79.9 Å². The Labute approximate surface area is 164 Å². The summed E-state index contributed by atoms with van der Waals surface area (Å²) in [5, 5.41) is 7.97. The molecule has 4 aliphatic carbocycles. The number of hydrogen-bond acceptors (Lipinski definition) is 3. The monoisotopic (exact) mass is 384 g/mol. The third kappa shape index (κ3) is 4.29. The van der Waals surface area contributed by atoms with Gasteiger partial charge in [-0.2, -0.15) is 0 Å². The quantitative estimate of drug-likeness (QED) is 0.605. The van der Waals surface area contributed by atoms with Crippen LogP contribution in [0.3, 0.4) is 0 Å². The molecule has 0 spiro atoms. The molecular formula is C21H28N4O3. The smallest absolute Gasteiger partial charge is 0.316 e. The molecule has 0 saturated heterocycles. The second kappa shape index (κ2) is 7.45. The average Bonchev–Trinajstić information content (AvgIpc) is 2.58. The third-order valence-corrected chi connectivity index (χ3v) is 6.56. The van der Waals surface area contributed by atoms with Gasteiger partial charge in [-0.1, -0.05) is 6.07 Å². The maximum atomic E-state index is 12.5. The number of urea groups is 1. The molecule has 0 aromatic heterocycles. The Balaban J connectivity index is 1.26. The summed E-state index contributed by atoms with van der Waals surface area (Å²) in [6.07, 6.45) is 8.14. The lowest BCUT2D eigenvalue weighted by Gasteiger charge is -2.56. The molecular weight excluding hydrogens is 356 g/mol. The topological polar surface area (TPSA) is 113 Å². The minimum atomic E-state index is -0.666. The van der Waals surface area contributed by atoms with Crippen molar-refractivity contribution in [1.82, 2.24) is 5.32 Å². The predicted octanol–water partition coefficient (Wildman–Crippen LogP) is 2.84. The van der Waals surface area contributed by atoms with Gasteiger partial charge in [0.2, 0.25) is 11.8 Å². The number of benzene rings is 1. The van der Waals surface area contributed by atoms with Gasteiger partial charge in [-0.15, -0.1) is 0 Å². The summed E-state index contributed by atoms with van der Waals surface area (Å²) in [6.45, 7) is -0.0569. The van der Waals surface area contributed by atoms with Crippen molar-refractivity contribution >= 4 is 29.2 Å². The number of hydrogen-bond donors (Lipinski definition) is 4. The van der Waals surface area contributed by atoms with E-state index >= 15 is 0 Å². The van der Waals surface area contributed by atoms with Crippen LogP contribution in [0.1, 0.15) is 44.9 Å². The van der Waals surface area contributed by atoms with E-state index in [1.165, 1.54) is 38.5 Å². The first-order valence-electron chi connectivity index (χ1n) is 10.1. The molecule has 0 unspecified atom stereocenters. The van der Waals surface area contributed by atoms with E-state index in [9.17, 15) is 14.4 Å². The van der Waals surface area contributed by atoms with Crippen molar-refractivity contribution in [2.75, 3.05) is 17.2 Å². The summed E-state index contributed by atoms with van der Waals surface area (Å²) in [5.41, 5.74) is 6.30. The summed E-state index contributed by atoms with van der Waals surface area (Å²) in [5.74, 6) is 2.10. The van der Waals surface area contributed by atoms with Crippen molar-refractivity contribution < 1.29 is 14.4 Å². The molecule has 4 aliphatic rings. The van der Waals surface area contributed by atoms with Crippen LogP contribution < -0.4 is 21.7 Å². The molecule has 0 aliphatic heterocycles. The highest BCUT2D eigenvalue weighted by Gasteiger charge is 2.51. The van der Waals surface area contributed by atoms with Crippen LogP contribution in [0.15, 0.2) is 24.3 Å². The van der Waals surface area contributed by atoms with Gasteiger partial charge in [-0.3, -0.25) is 9.59 Å². The molecule has 4 saturated carbocycles. The standard InChI is InChI=1S/C21H28N4O3/c22-20(28)25-17-3-1-2-16(7-17)24-19(27)12-23-18(26)11-21-8-13-4-14(9-21)6-15(5-13)10-21/h1-3,7,13-15H,4-6,8-12H2,(H,23,26)(H,24,27)(H3,22,25,28). The van der Waals surface area contributed by atoms with Gasteiger partial charge in [0.25, 0.3) is 0 Å². The predicted molar refractivity (Wildman–Crippen MR) is 107 cm³/mol. The van der Waals surface area contributed by atoms with E-state index in [0.29, 0.717) is 17.8 Å². The van der Waals surface area contributed by atoms with Gasteiger partial charge >= 0.3 is 6.03 Å². The highest BCUT2D eigenvalue weighted by Crippen LogP contribution is 2.61. The fourth-order valence-electron chi connectivity index (χ4n) is 6.11. The zero-order valence-electron chi connectivity index (χ0n) is 16.0. The molecule has 5 N–H and O–H groups in total. The summed E-state index contributed by atoms with van der Waals surface area (Å²) >= 11 is 0. The summed E-state index contributed by atoms with van der Waals surface area (Å²) in [4.78, 5) is 35.6. The van der Waals surface area contributed by atoms with E-state index in [0.717, 1.165) is 17.8 Å². The van der Waals surface area contributed by atoms with Crippen molar-refractivity contribution in [2.45, 2.75) is 44.9 Å². The number of nitrogens with two attached hydrogens (primary N) is 1. The van der Waals surface area contributed by atoms with Gasteiger partial charge in [0.05, 0.1) is 6.54 Å². The zero-order chi connectivity index (χ0) is 19.7. The van der Waals surface area contributed by atoms with Crippen LogP contribution in [0, 0.1) is 23.2 Å². The van der Waals surface area contributed by atoms with Crippen LogP contribution in [0.25, 0.3) is 0 Å². The molecule has 7 heteroatoms. The Hall–Kier alpha value is -2.57. The van der Waals surface area contributed by atoms with Gasteiger partial charge in [0, 0.05) is 17.8 Å². The van der Waals surface area contributed by atoms with Crippen molar-refractivity contribution in [3.8, 4) is 0 Å². The zero-order valence-corrected chi connectivity index (χ0v) is 16.0. The molecule has 5 rings (SSSR count). The van der Waals surface area contributed by atoms with Gasteiger partial charge in [0.15, 0.2) is 0 Å². The van der Waals surface area contributed by atoms with Crippen LogP contribution in [-0.2, 0) is 9.59 Å². The van der Waals surface area contributed by atoms with Crippen LogP contribution in [0.2, 0.25) is 0 Å². The Kier molecular flexibility index (Phi) is 5.00. The van der Waals surface area contributed by atoms with Crippen molar-refractivity contribution in [3.63, 3.8) is 0 Å². The number of rotatable bonds is 6. The Morgan fingerprint density at radius 2 is 1.50 bits per heavy atom. The minimum Gasteiger partial charge on any atom is -0.351 e. The van der Waals surface area contributed by atoms with Crippen molar-refractivity contribution in [1.29, 1.82) is 0 Å². The van der Waals surface area contributed by atoms with Crippen molar-refractivity contribution in [3.05, 3.63) is 24.3 Å². The number of carbonyl (C=O) groups is 3. The number of amides is 4. The van der Waals surface area contributed by atoms with Gasteiger partial charge in [-0.25, -0.2) is 4.79 Å². The fourth-order valence-corrected chi connectivity index (χ4v) is 6.11. The number of primary amides is 1. The summed E-state index contributed by atoms with van der Waals surface area (Å²) in [7, 11) is 0. The minimum absolute atomic E-state index is 0.0266. The highest BCUT2D eigenvalue weighted by atomic mass is 16.2. The number of nitrogens with one attached hydrogen (secondary N) is 3. The first kappa shape index (κ1) is 18.8. The van der Waals surface area contributed by atoms with E-state index in [4.69, 9.17) is 5.73 Å². The first-order valence-corrected chi connectivity index (χ1v) is 10.1. The fraction of sp³-hybridized carbons (Fsp3) is 0.571. The van der Waals surface area contributed by atoms with Crippen LogP contribution >= 0.6 is 0 Å². The maximum absolute atomic E-state index is 12.5. The molecule has 1 aromatic rings. The summed E-state index contributed by atoms with van der Waals surface area (Å²) in [6, 6.07) is 6.03. The Morgan fingerprint density at radius 1 is 0.929 bits per heavy atom. The van der Waals surface area contributed by atoms with Gasteiger partial charge in [0.1, 0.15) is 0 Å². The lowest BCUT2D eigenvalue weighted by Crippen LogP contribution is -2.48. The largest absolute Gasteiger partial charge is 0.351 e. The van der Waals surface area contributed by atoms with Crippen LogP contribution in [0.5, 0.6) is 0 Å². The van der Waals surface area contributed by atoms with Crippen LogP contribution in [0.4, 0.5) is 16.2 Å². The number of anilines is 2. The van der Waals surface area contributed by atoms with E-state index in [1.807, 2.05) is 0 Å². The second-order valence-corrected chi connectivity index (χ2v) is 8.99. The van der Waals surface area contributed by atoms with Gasteiger partial charge < -0.3 is 21.7 Å². The van der Waals surface area contributed by atoms with E-state index in [1.54, 1.807) is 24.3 Å². The molecule has 1 aromatic carbocycles. The molecule has 0 heterocycles. The SMILES string of the molecule is NC(=O)Nc1cccc(NC(=O)CNC(=O)CC23CC4CC(CC(C4)C2)C3)c1. The maximum Gasteiger partial charge on any atom is 0.316 e. The molecule has 4 bridgehead atoms. The molecule has 0 radical (unpaired) electrons. The highest BCUT2D eigenvalue weighted by molar-refractivity contribution is 5.95. The van der Waals surface area contributed by atoms with E-state index in [-0.39, 0.29) is 23.8 Å². The molecule has 28 heavy (non-hydrogen) atoms. The molecule has 7 nitrogen and oxygen atoms in total. The lowest BCUT2D eigenvalue weighted by atomic mass is 9.49. The summed E-state index contributed by atoms with van der Waals surface area (Å²) < 4.78 is 0. The molecule has 150 valence electrons. The first-order chi connectivity index (χ1) is 13.4. The lowest BCUT2D eigenvalue weighted by molar-refractivity contribution is -0.131. The van der Waals surface area contributed by atoms with E-state index < -0.39 is 6.03 Å². The van der Waals surface area contributed by atoms with Crippen LogP contribution in [-0.4, -0.2) is 24.4 Å². The molecule has 4 amide bonds. The normalized spacial score (nSPS) is 29.9. The Bertz CT molecular complexity index is 756. The second-order valence-electron chi connectivity index (χ2n) is 8.99. The average molecular weight is 384 g/mol. The van der Waals surface area contributed by atoms with Crippen molar-refractivity contribution in [2.24, 2.45) is 28.9 Å². The number of carbonyl (C=O) groups excluding carboxylic acids is 3. The molecule has 0 atom stereocenters. The van der Waals surface area contributed by atoms with E-state index in [2.05, 4.69) is 16.0 Å². The Morgan fingerprint density at radius 3 is 2.07 bits per heavy atom. The third-order valence-electron chi connectivity index (χ3n) is 6.56. The molecule has 4 fully saturated rings.